The molecular formula is C25H24Cl2N4O4S. The van der Waals surface area contributed by atoms with E-state index in [-0.39, 0.29) is 6.10 Å². The van der Waals surface area contributed by atoms with Gasteiger partial charge in [-0.2, -0.15) is 0 Å². The summed E-state index contributed by atoms with van der Waals surface area (Å²) in [7, 11) is 0. The molecule has 4 aromatic rings. The van der Waals surface area contributed by atoms with Gasteiger partial charge in [-0.25, -0.2) is 4.98 Å². The van der Waals surface area contributed by atoms with Gasteiger partial charge in [0, 0.05) is 29.7 Å². The Bertz CT molecular complexity index is 1400. The van der Waals surface area contributed by atoms with Gasteiger partial charge in [-0.3, -0.25) is 9.36 Å². The first kappa shape index (κ1) is 24.9. The van der Waals surface area contributed by atoms with E-state index in [1.165, 1.54) is 11.3 Å². The molecule has 0 saturated carbocycles. The topological polar surface area (TPSA) is 101 Å². The van der Waals surface area contributed by atoms with Crippen LogP contribution in [0.5, 0.6) is 11.5 Å². The van der Waals surface area contributed by atoms with E-state index >= 15 is 0 Å². The third-order valence-corrected chi connectivity index (χ3v) is 7.59. The zero-order valence-electron chi connectivity index (χ0n) is 19.4. The third-order valence-electron chi connectivity index (χ3n) is 5.82. The molecule has 1 amide bonds. The fourth-order valence-electron chi connectivity index (χ4n) is 4.02. The summed E-state index contributed by atoms with van der Waals surface area (Å²) >= 11 is 14.0. The maximum absolute atomic E-state index is 12.2. The highest BCUT2D eigenvalue weighted by Crippen LogP contribution is 2.39. The number of ether oxygens (including phenoxy) is 3. The minimum absolute atomic E-state index is 0.0372. The zero-order valence-corrected chi connectivity index (χ0v) is 21.7. The average Bonchev–Trinajstić information content (AvgIpc) is 3.47. The summed E-state index contributed by atoms with van der Waals surface area (Å²) in [5, 5.41) is 5.06. The molecule has 0 radical (unpaired) electrons. The van der Waals surface area contributed by atoms with Gasteiger partial charge in [0.1, 0.15) is 46.5 Å². The Kier molecular flexibility index (Phi) is 7.36. The molecule has 0 unspecified atom stereocenters. The second-order valence-electron chi connectivity index (χ2n) is 8.32. The van der Waals surface area contributed by atoms with Crippen molar-refractivity contribution >= 4 is 51.5 Å². The van der Waals surface area contributed by atoms with Crippen LogP contribution in [0.15, 0.2) is 48.8 Å². The Balaban J connectivity index is 1.38. The Labute approximate surface area is 221 Å². The highest BCUT2D eigenvalue weighted by molar-refractivity contribution is 7.16. The van der Waals surface area contributed by atoms with Crippen LogP contribution in [0.25, 0.3) is 16.0 Å². The van der Waals surface area contributed by atoms with Crippen molar-refractivity contribution in [1.82, 2.24) is 14.9 Å². The molecule has 0 spiro atoms. The Morgan fingerprint density at radius 3 is 2.94 bits per heavy atom. The molecular weight excluding hydrogens is 523 g/mol. The van der Waals surface area contributed by atoms with Gasteiger partial charge in [-0.05, 0) is 31.2 Å². The number of thiophene rings is 1. The molecule has 0 bridgehead atoms. The molecule has 11 heteroatoms. The number of morpholine rings is 1. The number of benzene rings is 2. The minimum Gasteiger partial charge on any atom is -0.489 e. The zero-order chi connectivity index (χ0) is 25.2. The number of hydrogen-bond donors (Lipinski definition) is 2. The molecule has 2 atom stereocenters. The molecule has 3 heterocycles. The van der Waals surface area contributed by atoms with E-state index in [0.29, 0.717) is 39.6 Å². The van der Waals surface area contributed by atoms with E-state index in [1.807, 2.05) is 35.8 Å². The lowest BCUT2D eigenvalue weighted by Crippen LogP contribution is -2.41. The van der Waals surface area contributed by atoms with Crippen LogP contribution in [0, 0.1) is 0 Å². The number of nitrogens with zero attached hydrogens (tertiary/aromatic N) is 2. The first-order valence-corrected chi connectivity index (χ1v) is 12.9. The number of hydrogen-bond acceptors (Lipinski definition) is 7. The number of fused-ring (bicyclic) bond motifs is 1. The van der Waals surface area contributed by atoms with Crippen molar-refractivity contribution in [3.8, 4) is 16.5 Å². The highest BCUT2D eigenvalue weighted by atomic mass is 35.5. The number of carbonyl (C=O) groups is 1. The maximum Gasteiger partial charge on any atom is 0.262 e. The lowest BCUT2D eigenvalue weighted by Gasteiger charge is -2.24. The van der Waals surface area contributed by atoms with Crippen molar-refractivity contribution in [1.29, 1.82) is 0 Å². The van der Waals surface area contributed by atoms with Gasteiger partial charge in [0.05, 0.1) is 22.7 Å². The molecule has 1 aliphatic heterocycles. The van der Waals surface area contributed by atoms with E-state index in [9.17, 15) is 4.79 Å². The first-order chi connectivity index (χ1) is 17.4. The standard InChI is InChI=1S/C25H24Cl2N4O4S/c1-14(17-3-2-4-20(23(17)27)34-12-16-11-29-7-8-33-16)35-21-10-22(36-24(21)25(28)32)31-13-30-18-9-15(26)5-6-19(18)31/h2-6,9-10,13-14,16,29H,7-8,11-12H2,1H3,(H2,28,32)/t14-,16+/m1/s1. The van der Waals surface area contributed by atoms with Crippen LogP contribution in [-0.4, -0.2) is 47.9 Å². The first-order valence-electron chi connectivity index (χ1n) is 11.4. The second-order valence-corrected chi connectivity index (χ2v) is 10.2. The van der Waals surface area contributed by atoms with E-state index in [4.69, 9.17) is 43.1 Å². The molecule has 8 nitrogen and oxygen atoms in total. The molecule has 2 aromatic carbocycles. The SMILES string of the molecule is C[C@@H](Oc1cc(-n2cnc3cc(Cl)ccc32)sc1C(N)=O)c1cccc(OC[C@@H]2CNCCO2)c1Cl. The number of aromatic nitrogens is 2. The number of nitrogens with two attached hydrogens (primary N) is 1. The van der Waals surface area contributed by atoms with E-state index in [2.05, 4.69) is 10.3 Å². The van der Waals surface area contributed by atoms with Crippen LogP contribution >= 0.6 is 34.5 Å². The van der Waals surface area contributed by atoms with Gasteiger partial charge in [-0.15, -0.1) is 11.3 Å². The monoisotopic (exact) mass is 546 g/mol. The van der Waals surface area contributed by atoms with E-state index in [1.54, 1.807) is 24.5 Å². The minimum atomic E-state index is -0.579. The van der Waals surface area contributed by atoms with Crippen LogP contribution in [0.3, 0.4) is 0 Å². The Morgan fingerprint density at radius 2 is 2.17 bits per heavy atom. The van der Waals surface area contributed by atoms with Gasteiger partial charge >= 0.3 is 0 Å². The van der Waals surface area contributed by atoms with Crippen LogP contribution < -0.4 is 20.5 Å². The van der Waals surface area contributed by atoms with Crippen molar-refractivity contribution in [2.75, 3.05) is 26.3 Å². The lowest BCUT2D eigenvalue weighted by atomic mass is 10.1. The van der Waals surface area contributed by atoms with Crippen molar-refractivity contribution in [2.45, 2.75) is 19.1 Å². The fraction of sp³-hybridized carbons (Fsp3) is 0.280. The number of imidazole rings is 1. The largest absolute Gasteiger partial charge is 0.489 e. The molecule has 1 saturated heterocycles. The molecule has 36 heavy (non-hydrogen) atoms. The predicted molar refractivity (Wildman–Crippen MR) is 141 cm³/mol. The predicted octanol–water partition coefficient (Wildman–Crippen LogP) is 5.00. The molecule has 3 N–H and O–H groups in total. The van der Waals surface area contributed by atoms with Crippen LogP contribution in [0.2, 0.25) is 10.0 Å². The molecule has 1 fully saturated rings. The van der Waals surface area contributed by atoms with Crippen LogP contribution in [0.4, 0.5) is 0 Å². The number of halogens is 2. The van der Waals surface area contributed by atoms with E-state index in [0.717, 1.165) is 34.7 Å². The highest BCUT2D eigenvalue weighted by Gasteiger charge is 2.22. The van der Waals surface area contributed by atoms with Gasteiger partial charge in [0.25, 0.3) is 5.91 Å². The molecule has 188 valence electrons. The summed E-state index contributed by atoms with van der Waals surface area (Å²) in [6.07, 6.45) is 1.16. The normalized spacial score (nSPS) is 16.7. The molecule has 0 aliphatic carbocycles. The summed E-state index contributed by atoms with van der Waals surface area (Å²) in [5.41, 5.74) is 7.99. The summed E-state index contributed by atoms with van der Waals surface area (Å²) in [6.45, 7) is 4.46. The third kappa shape index (κ3) is 5.16. The summed E-state index contributed by atoms with van der Waals surface area (Å²) in [5.74, 6) is 0.337. The quantitative estimate of drug-likeness (QED) is 0.322. The number of amides is 1. The summed E-state index contributed by atoms with van der Waals surface area (Å²) in [4.78, 5) is 16.9. The van der Waals surface area contributed by atoms with Gasteiger partial charge in [0.15, 0.2) is 0 Å². The number of rotatable bonds is 8. The number of nitrogens with one attached hydrogen (secondary N) is 1. The van der Waals surface area contributed by atoms with Crippen LogP contribution in [-0.2, 0) is 4.74 Å². The Hall–Kier alpha value is -2.82. The molecule has 2 aromatic heterocycles. The van der Waals surface area contributed by atoms with Crippen molar-refractivity contribution in [3.05, 3.63) is 69.3 Å². The van der Waals surface area contributed by atoms with Gasteiger partial charge < -0.3 is 25.3 Å². The van der Waals surface area contributed by atoms with Gasteiger partial charge in [0.2, 0.25) is 0 Å². The van der Waals surface area contributed by atoms with Crippen molar-refractivity contribution in [2.24, 2.45) is 5.73 Å². The van der Waals surface area contributed by atoms with E-state index < -0.39 is 12.0 Å². The molecule has 5 rings (SSSR count). The van der Waals surface area contributed by atoms with Crippen LogP contribution in [0.1, 0.15) is 28.3 Å². The Morgan fingerprint density at radius 1 is 1.31 bits per heavy atom. The summed E-state index contributed by atoms with van der Waals surface area (Å²) in [6, 6.07) is 12.7. The maximum atomic E-state index is 12.2. The number of primary amides is 1. The molecule has 1 aliphatic rings. The number of carbonyl (C=O) groups excluding carboxylic acids is 1. The van der Waals surface area contributed by atoms with Crippen molar-refractivity contribution in [3.63, 3.8) is 0 Å². The lowest BCUT2D eigenvalue weighted by molar-refractivity contribution is 0.000181. The average molecular weight is 547 g/mol. The second kappa shape index (κ2) is 10.7. The smallest absolute Gasteiger partial charge is 0.262 e. The van der Waals surface area contributed by atoms with Gasteiger partial charge in [-0.1, -0.05) is 35.3 Å². The summed E-state index contributed by atoms with van der Waals surface area (Å²) < 4.78 is 19.7. The van der Waals surface area contributed by atoms with Crippen molar-refractivity contribution < 1.29 is 19.0 Å². The fourth-order valence-corrected chi connectivity index (χ4v) is 5.45.